The number of ether oxygens (including phenoxy) is 1. The fourth-order valence-corrected chi connectivity index (χ4v) is 4.78. The number of fused-ring (bicyclic) bond motifs is 3. The summed E-state index contributed by atoms with van der Waals surface area (Å²) < 4.78 is 5.07. The number of hydrogen-bond donors (Lipinski definition) is 1. The average Bonchev–Trinajstić information content (AvgIpc) is 3.53. The van der Waals surface area contributed by atoms with Crippen LogP contribution in [0.15, 0.2) is 35.2 Å². The van der Waals surface area contributed by atoms with E-state index in [2.05, 4.69) is 23.5 Å². The van der Waals surface area contributed by atoms with Crippen molar-refractivity contribution in [2.75, 3.05) is 19.4 Å². The largest absolute Gasteiger partial charge is 0.468 e. The number of carbonyl (C=O) groups is 2. The van der Waals surface area contributed by atoms with E-state index in [-0.39, 0.29) is 24.3 Å². The Morgan fingerprint density at radius 2 is 2.12 bits per heavy atom. The standard InChI is InChI=1S/C21H23NO3S/c1-25-21(24)17(12-22-20(23)14-7-8-14)15-5-2-4-13-9-10-18-16(19(13)15)6-3-11-26-18/h2,4-5,9-10,14,17H,3,6-8,11-12H2,1H3,(H,22,23). The molecular weight excluding hydrogens is 346 g/mol. The van der Waals surface area contributed by atoms with Gasteiger partial charge in [-0.3, -0.25) is 9.59 Å². The van der Waals surface area contributed by atoms with E-state index in [1.807, 2.05) is 23.9 Å². The molecule has 1 unspecified atom stereocenters. The monoisotopic (exact) mass is 369 g/mol. The van der Waals surface area contributed by atoms with Crippen molar-refractivity contribution in [3.63, 3.8) is 0 Å². The summed E-state index contributed by atoms with van der Waals surface area (Å²) in [5.41, 5.74) is 2.29. The Balaban J connectivity index is 1.75. The summed E-state index contributed by atoms with van der Waals surface area (Å²) in [4.78, 5) is 25.9. The molecule has 1 aliphatic heterocycles. The number of rotatable bonds is 5. The summed E-state index contributed by atoms with van der Waals surface area (Å²) in [6, 6.07) is 10.4. The van der Waals surface area contributed by atoms with Gasteiger partial charge in [0.15, 0.2) is 0 Å². The normalized spacial score (nSPS) is 17.4. The lowest BCUT2D eigenvalue weighted by atomic mass is 9.89. The van der Waals surface area contributed by atoms with Gasteiger partial charge in [0, 0.05) is 17.4 Å². The lowest BCUT2D eigenvalue weighted by Crippen LogP contribution is -2.33. The first-order valence-electron chi connectivity index (χ1n) is 9.22. The van der Waals surface area contributed by atoms with Crippen molar-refractivity contribution < 1.29 is 14.3 Å². The molecule has 5 heteroatoms. The number of benzene rings is 2. The van der Waals surface area contributed by atoms with Gasteiger partial charge in [-0.2, -0.15) is 0 Å². The van der Waals surface area contributed by atoms with E-state index in [1.54, 1.807) is 0 Å². The van der Waals surface area contributed by atoms with Gasteiger partial charge in [0.1, 0.15) is 0 Å². The van der Waals surface area contributed by atoms with E-state index in [0.717, 1.165) is 47.8 Å². The lowest BCUT2D eigenvalue weighted by Gasteiger charge is -2.23. The highest BCUT2D eigenvalue weighted by atomic mass is 32.2. The number of thioether (sulfide) groups is 1. The molecule has 1 N–H and O–H groups in total. The third-order valence-corrected chi connectivity index (χ3v) is 6.45. The summed E-state index contributed by atoms with van der Waals surface area (Å²) in [6.07, 6.45) is 4.08. The van der Waals surface area contributed by atoms with Crippen LogP contribution in [0.3, 0.4) is 0 Å². The fraction of sp³-hybridized carbons (Fsp3) is 0.429. The maximum absolute atomic E-state index is 12.5. The average molecular weight is 369 g/mol. The number of aryl methyl sites for hydroxylation is 1. The molecule has 2 aromatic carbocycles. The molecule has 1 amide bonds. The van der Waals surface area contributed by atoms with Crippen LogP contribution < -0.4 is 5.32 Å². The van der Waals surface area contributed by atoms with Crippen molar-refractivity contribution in [1.82, 2.24) is 5.32 Å². The van der Waals surface area contributed by atoms with Crippen LogP contribution >= 0.6 is 11.8 Å². The Morgan fingerprint density at radius 1 is 1.27 bits per heavy atom. The van der Waals surface area contributed by atoms with Crippen LogP contribution in [-0.2, 0) is 20.7 Å². The van der Waals surface area contributed by atoms with Gasteiger partial charge in [-0.05, 0) is 59.4 Å². The second-order valence-electron chi connectivity index (χ2n) is 7.03. The Kier molecular flexibility index (Phi) is 4.90. The molecule has 136 valence electrons. The van der Waals surface area contributed by atoms with Crippen molar-refractivity contribution in [1.29, 1.82) is 0 Å². The van der Waals surface area contributed by atoms with E-state index in [4.69, 9.17) is 4.74 Å². The van der Waals surface area contributed by atoms with Gasteiger partial charge in [-0.25, -0.2) is 0 Å². The minimum Gasteiger partial charge on any atom is -0.468 e. The smallest absolute Gasteiger partial charge is 0.314 e. The highest BCUT2D eigenvalue weighted by Crippen LogP contribution is 2.38. The van der Waals surface area contributed by atoms with Crippen LogP contribution in [-0.4, -0.2) is 31.3 Å². The summed E-state index contributed by atoms with van der Waals surface area (Å²) in [7, 11) is 1.41. The third kappa shape index (κ3) is 3.32. The molecule has 1 atom stereocenters. The predicted octanol–water partition coefficient (Wildman–Crippen LogP) is 3.66. The van der Waals surface area contributed by atoms with Crippen molar-refractivity contribution in [3.8, 4) is 0 Å². The quantitative estimate of drug-likeness (QED) is 0.817. The first-order valence-corrected chi connectivity index (χ1v) is 10.2. The molecule has 1 heterocycles. The van der Waals surface area contributed by atoms with E-state index < -0.39 is 5.92 Å². The number of esters is 1. The van der Waals surface area contributed by atoms with E-state index in [1.165, 1.54) is 17.6 Å². The molecule has 0 bridgehead atoms. The van der Waals surface area contributed by atoms with E-state index in [9.17, 15) is 9.59 Å². The van der Waals surface area contributed by atoms with Gasteiger partial charge in [0.05, 0.1) is 13.0 Å². The third-order valence-electron chi connectivity index (χ3n) is 5.26. The molecule has 26 heavy (non-hydrogen) atoms. The maximum atomic E-state index is 12.5. The van der Waals surface area contributed by atoms with Gasteiger partial charge in [-0.1, -0.05) is 24.3 Å². The van der Waals surface area contributed by atoms with Crippen molar-refractivity contribution >= 4 is 34.4 Å². The molecule has 1 saturated carbocycles. The van der Waals surface area contributed by atoms with Crippen LogP contribution in [0.2, 0.25) is 0 Å². The molecule has 1 fully saturated rings. The van der Waals surface area contributed by atoms with Crippen molar-refractivity contribution in [2.45, 2.75) is 36.5 Å². The second kappa shape index (κ2) is 7.31. The number of nitrogens with one attached hydrogen (secondary N) is 1. The molecular formula is C21H23NO3S. The van der Waals surface area contributed by atoms with Crippen LogP contribution in [0.1, 0.15) is 36.3 Å². The topological polar surface area (TPSA) is 55.4 Å². The first-order chi connectivity index (χ1) is 12.7. The zero-order valence-corrected chi connectivity index (χ0v) is 15.7. The molecule has 2 aromatic rings. The lowest BCUT2D eigenvalue weighted by molar-refractivity contribution is -0.142. The molecule has 0 aromatic heterocycles. The molecule has 1 aliphatic carbocycles. The van der Waals surface area contributed by atoms with Crippen LogP contribution in [0, 0.1) is 5.92 Å². The number of amides is 1. The van der Waals surface area contributed by atoms with Crippen molar-refractivity contribution in [3.05, 3.63) is 41.5 Å². The highest BCUT2D eigenvalue weighted by Gasteiger charge is 2.32. The Hall–Kier alpha value is -2.01. The molecule has 4 rings (SSSR count). The molecule has 0 radical (unpaired) electrons. The minimum absolute atomic E-state index is 0.0525. The van der Waals surface area contributed by atoms with Crippen molar-refractivity contribution in [2.24, 2.45) is 5.92 Å². The number of hydrogen-bond acceptors (Lipinski definition) is 4. The van der Waals surface area contributed by atoms with Crippen LogP contribution in [0.5, 0.6) is 0 Å². The fourth-order valence-electron chi connectivity index (χ4n) is 3.73. The van der Waals surface area contributed by atoms with Gasteiger partial charge in [0.25, 0.3) is 0 Å². The summed E-state index contributed by atoms with van der Waals surface area (Å²) in [6.45, 7) is 0.290. The molecule has 0 saturated heterocycles. The first kappa shape index (κ1) is 17.4. The minimum atomic E-state index is -0.482. The van der Waals surface area contributed by atoms with Crippen LogP contribution in [0.25, 0.3) is 10.8 Å². The highest BCUT2D eigenvalue weighted by molar-refractivity contribution is 7.99. The molecule has 2 aliphatic rings. The van der Waals surface area contributed by atoms with Gasteiger partial charge < -0.3 is 10.1 Å². The molecule has 4 nitrogen and oxygen atoms in total. The van der Waals surface area contributed by atoms with Gasteiger partial charge in [0.2, 0.25) is 5.91 Å². The maximum Gasteiger partial charge on any atom is 0.314 e. The predicted molar refractivity (Wildman–Crippen MR) is 103 cm³/mol. The Labute approximate surface area is 157 Å². The van der Waals surface area contributed by atoms with Gasteiger partial charge in [-0.15, -0.1) is 11.8 Å². The Bertz CT molecular complexity index is 860. The number of methoxy groups -OCH3 is 1. The summed E-state index contributed by atoms with van der Waals surface area (Å²) in [5.74, 6) is 0.541. The van der Waals surface area contributed by atoms with Gasteiger partial charge >= 0.3 is 5.97 Å². The zero-order chi connectivity index (χ0) is 18.1. The SMILES string of the molecule is COC(=O)C(CNC(=O)C1CC1)c1cccc2ccc3c(c12)CCCS3. The Morgan fingerprint density at radius 3 is 2.88 bits per heavy atom. The summed E-state index contributed by atoms with van der Waals surface area (Å²) in [5, 5.41) is 5.26. The van der Waals surface area contributed by atoms with E-state index in [0.29, 0.717) is 0 Å². The summed E-state index contributed by atoms with van der Waals surface area (Å²) >= 11 is 1.88. The van der Waals surface area contributed by atoms with E-state index >= 15 is 0 Å². The van der Waals surface area contributed by atoms with Crippen LogP contribution in [0.4, 0.5) is 0 Å². The second-order valence-corrected chi connectivity index (χ2v) is 8.17. The molecule has 0 spiro atoms. The zero-order valence-electron chi connectivity index (χ0n) is 14.9. The number of carbonyl (C=O) groups excluding carboxylic acids is 2.